The molecule has 1 N–H and O–H groups in total. The van der Waals surface area contributed by atoms with Gasteiger partial charge in [0.15, 0.2) is 0 Å². The van der Waals surface area contributed by atoms with E-state index >= 15 is 0 Å². The summed E-state index contributed by atoms with van der Waals surface area (Å²) < 4.78 is 13.0. The van der Waals surface area contributed by atoms with Crippen LogP contribution in [0.1, 0.15) is 36.8 Å². The van der Waals surface area contributed by atoms with Gasteiger partial charge in [0.25, 0.3) is 0 Å². The number of benzene rings is 2. The lowest BCUT2D eigenvalue weighted by atomic mass is 9.97. The summed E-state index contributed by atoms with van der Waals surface area (Å²) >= 11 is 0. The summed E-state index contributed by atoms with van der Waals surface area (Å²) in [5.74, 6) is -0.0958. The van der Waals surface area contributed by atoms with Gasteiger partial charge in [-0.15, -0.1) is 0 Å². The van der Waals surface area contributed by atoms with Gasteiger partial charge in [0.05, 0.1) is 0 Å². The minimum Gasteiger partial charge on any atom is -0.369 e. The van der Waals surface area contributed by atoms with Gasteiger partial charge >= 0.3 is 0 Å². The van der Waals surface area contributed by atoms with Gasteiger partial charge in [-0.2, -0.15) is 0 Å². The molecule has 2 aromatic rings. The first-order chi connectivity index (χ1) is 14.0. The van der Waals surface area contributed by atoms with Crippen molar-refractivity contribution in [1.29, 1.82) is 0 Å². The standard InChI is InChI=1S/C24H32FN3O/c1-19-5-3-6-23(17-19)28-15-13-27(14-16-28)12-4-11-26-24(29)18-20(2)21-7-9-22(25)10-8-21/h3,5-10,17,20H,4,11-16,18H2,1-2H3,(H,26,29). The Labute approximate surface area is 173 Å². The molecule has 5 heteroatoms. The second-order valence-corrected chi connectivity index (χ2v) is 8.03. The van der Waals surface area contributed by atoms with E-state index < -0.39 is 0 Å². The molecule has 0 radical (unpaired) electrons. The first-order valence-electron chi connectivity index (χ1n) is 10.6. The van der Waals surface area contributed by atoms with Crippen LogP contribution in [0.5, 0.6) is 0 Å². The van der Waals surface area contributed by atoms with E-state index in [1.165, 1.54) is 23.4 Å². The Balaban J connectivity index is 1.31. The maximum Gasteiger partial charge on any atom is 0.220 e. The number of anilines is 1. The Bertz CT molecular complexity index is 785. The van der Waals surface area contributed by atoms with Gasteiger partial charge in [0.1, 0.15) is 5.82 Å². The Morgan fingerprint density at radius 3 is 2.52 bits per heavy atom. The predicted molar refractivity (Wildman–Crippen MR) is 117 cm³/mol. The van der Waals surface area contributed by atoms with E-state index in [1.807, 2.05) is 6.92 Å². The summed E-state index contributed by atoms with van der Waals surface area (Å²) in [7, 11) is 0. The molecule has 0 bridgehead atoms. The van der Waals surface area contributed by atoms with Crippen LogP contribution in [0.4, 0.5) is 10.1 Å². The molecule has 1 unspecified atom stereocenters. The smallest absolute Gasteiger partial charge is 0.220 e. The first-order valence-corrected chi connectivity index (χ1v) is 10.6. The number of carbonyl (C=O) groups excluding carboxylic acids is 1. The molecule has 0 aromatic heterocycles. The Kier molecular flexibility index (Phi) is 7.64. The summed E-state index contributed by atoms with van der Waals surface area (Å²) in [6, 6.07) is 15.1. The zero-order chi connectivity index (χ0) is 20.6. The van der Waals surface area contributed by atoms with E-state index in [1.54, 1.807) is 12.1 Å². The monoisotopic (exact) mass is 397 g/mol. The molecule has 156 valence electrons. The molecule has 1 atom stereocenters. The number of halogens is 1. The average molecular weight is 398 g/mol. The molecule has 1 aliphatic heterocycles. The number of nitrogens with one attached hydrogen (secondary N) is 1. The van der Waals surface area contributed by atoms with Crippen LogP contribution in [0.15, 0.2) is 48.5 Å². The van der Waals surface area contributed by atoms with E-state index in [0.29, 0.717) is 13.0 Å². The number of aryl methyl sites for hydroxylation is 1. The molecule has 1 heterocycles. The minimum absolute atomic E-state index is 0.0612. The molecule has 0 saturated carbocycles. The highest BCUT2D eigenvalue weighted by molar-refractivity contribution is 5.76. The van der Waals surface area contributed by atoms with Crippen molar-refractivity contribution in [2.24, 2.45) is 0 Å². The molecule has 3 rings (SSSR count). The molecule has 1 saturated heterocycles. The molecule has 1 amide bonds. The molecule has 0 aliphatic carbocycles. The summed E-state index contributed by atoms with van der Waals surface area (Å²) in [5, 5.41) is 3.03. The number of rotatable bonds is 8. The van der Waals surface area contributed by atoms with Crippen molar-refractivity contribution in [2.45, 2.75) is 32.6 Å². The van der Waals surface area contributed by atoms with Gasteiger partial charge in [-0.25, -0.2) is 4.39 Å². The molecule has 4 nitrogen and oxygen atoms in total. The zero-order valence-corrected chi connectivity index (χ0v) is 17.5. The van der Waals surface area contributed by atoms with E-state index in [0.717, 1.165) is 44.7 Å². The highest BCUT2D eigenvalue weighted by Gasteiger charge is 2.17. The molecule has 2 aromatic carbocycles. The Morgan fingerprint density at radius 1 is 1.10 bits per heavy atom. The van der Waals surface area contributed by atoms with Gasteiger partial charge in [0.2, 0.25) is 5.91 Å². The molecule has 1 aliphatic rings. The van der Waals surface area contributed by atoms with Crippen LogP contribution in [-0.4, -0.2) is 50.1 Å². The maximum atomic E-state index is 13.0. The average Bonchev–Trinajstić information content (AvgIpc) is 2.72. The first kappa shape index (κ1) is 21.3. The number of hydrogen-bond donors (Lipinski definition) is 1. The Morgan fingerprint density at radius 2 is 1.83 bits per heavy atom. The largest absolute Gasteiger partial charge is 0.369 e. The normalized spacial score (nSPS) is 15.9. The number of piperazine rings is 1. The van der Waals surface area contributed by atoms with Crippen LogP contribution >= 0.6 is 0 Å². The molecular weight excluding hydrogens is 365 g/mol. The highest BCUT2D eigenvalue weighted by atomic mass is 19.1. The predicted octanol–water partition coefficient (Wildman–Crippen LogP) is 3.96. The molecular formula is C24H32FN3O. The molecule has 1 fully saturated rings. The van der Waals surface area contributed by atoms with E-state index in [-0.39, 0.29) is 17.6 Å². The van der Waals surface area contributed by atoms with Gasteiger partial charge in [-0.3, -0.25) is 9.69 Å². The summed E-state index contributed by atoms with van der Waals surface area (Å²) in [6.07, 6.45) is 1.39. The van der Waals surface area contributed by atoms with E-state index in [2.05, 4.69) is 46.3 Å². The van der Waals surface area contributed by atoms with Gasteiger partial charge in [-0.05, 0) is 61.2 Å². The van der Waals surface area contributed by atoms with E-state index in [9.17, 15) is 9.18 Å². The maximum absolute atomic E-state index is 13.0. The number of nitrogens with zero attached hydrogens (tertiary/aromatic N) is 2. The van der Waals surface area contributed by atoms with Crippen molar-refractivity contribution < 1.29 is 9.18 Å². The van der Waals surface area contributed by atoms with Crippen LogP contribution < -0.4 is 10.2 Å². The second-order valence-electron chi connectivity index (χ2n) is 8.03. The van der Waals surface area contributed by atoms with Crippen LogP contribution in [0, 0.1) is 12.7 Å². The van der Waals surface area contributed by atoms with Crippen LogP contribution in [0.25, 0.3) is 0 Å². The number of hydrogen-bond acceptors (Lipinski definition) is 3. The van der Waals surface area contributed by atoms with Crippen molar-refractivity contribution in [3.63, 3.8) is 0 Å². The quantitative estimate of drug-likeness (QED) is 0.685. The summed E-state index contributed by atoms with van der Waals surface area (Å²) in [4.78, 5) is 17.1. The summed E-state index contributed by atoms with van der Waals surface area (Å²) in [6.45, 7) is 10.1. The fourth-order valence-corrected chi connectivity index (χ4v) is 3.84. The number of carbonyl (C=O) groups is 1. The third-order valence-corrected chi connectivity index (χ3v) is 5.64. The number of amides is 1. The van der Waals surface area contributed by atoms with Crippen molar-refractivity contribution in [3.8, 4) is 0 Å². The van der Waals surface area contributed by atoms with E-state index in [4.69, 9.17) is 0 Å². The lowest BCUT2D eigenvalue weighted by Gasteiger charge is -2.36. The SMILES string of the molecule is Cc1cccc(N2CCN(CCCNC(=O)CC(C)c3ccc(F)cc3)CC2)c1. The van der Waals surface area contributed by atoms with Gasteiger partial charge in [0, 0.05) is 44.8 Å². The van der Waals surface area contributed by atoms with Crippen molar-refractivity contribution >= 4 is 11.6 Å². The van der Waals surface area contributed by atoms with Gasteiger partial charge in [-0.1, -0.05) is 31.2 Å². The Hall–Kier alpha value is -2.40. The van der Waals surface area contributed by atoms with Crippen molar-refractivity contribution in [1.82, 2.24) is 10.2 Å². The topological polar surface area (TPSA) is 35.6 Å². The lowest BCUT2D eigenvalue weighted by molar-refractivity contribution is -0.121. The fourth-order valence-electron chi connectivity index (χ4n) is 3.84. The molecule has 0 spiro atoms. The third kappa shape index (κ3) is 6.57. The van der Waals surface area contributed by atoms with Crippen LogP contribution in [-0.2, 0) is 4.79 Å². The second kappa shape index (κ2) is 10.4. The third-order valence-electron chi connectivity index (χ3n) is 5.64. The lowest BCUT2D eigenvalue weighted by Crippen LogP contribution is -2.47. The van der Waals surface area contributed by atoms with Crippen molar-refractivity contribution in [2.75, 3.05) is 44.2 Å². The van der Waals surface area contributed by atoms with Gasteiger partial charge < -0.3 is 10.2 Å². The highest BCUT2D eigenvalue weighted by Crippen LogP contribution is 2.19. The fraction of sp³-hybridized carbons (Fsp3) is 0.458. The minimum atomic E-state index is -0.245. The molecule has 29 heavy (non-hydrogen) atoms. The van der Waals surface area contributed by atoms with Crippen LogP contribution in [0.2, 0.25) is 0 Å². The zero-order valence-electron chi connectivity index (χ0n) is 17.5. The summed E-state index contributed by atoms with van der Waals surface area (Å²) in [5.41, 5.74) is 3.61. The van der Waals surface area contributed by atoms with Crippen LogP contribution in [0.3, 0.4) is 0 Å². The van der Waals surface area contributed by atoms with Crippen molar-refractivity contribution in [3.05, 3.63) is 65.5 Å².